The molecule has 1 aliphatic rings. The van der Waals surface area contributed by atoms with E-state index in [2.05, 4.69) is 15.9 Å². The number of hydrogen-bond acceptors (Lipinski definition) is 3. The van der Waals surface area contributed by atoms with Crippen LogP contribution in [0.5, 0.6) is 0 Å². The smallest absolute Gasteiger partial charge is 0.217 e. The topological polar surface area (TPSA) is 38.5 Å². The van der Waals surface area contributed by atoms with Gasteiger partial charge in [0, 0.05) is 7.05 Å². The van der Waals surface area contributed by atoms with Crippen molar-refractivity contribution in [3.8, 4) is 0 Å². The zero-order valence-electron chi connectivity index (χ0n) is 4.52. The third-order valence-electron chi connectivity index (χ3n) is 0.952. The highest BCUT2D eigenvalue weighted by Crippen LogP contribution is 2.19. The lowest BCUT2D eigenvalue weighted by atomic mass is 10.8. The summed E-state index contributed by atoms with van der Waals surface area (Å²) in [6.07, 6.45) is 0. The van der Waals surface area contributed by atoms with Crippen LogP contribution in [-0.2, 0) is 4.74 Å². The SMILES string of the molecule is CN1COC(N)=C1Br. The molecule has 0 radical (unpaired) electrons. The van der Waals surface area contributed by atoms with Gasteiger partial charge in [-0.05, 0) is 15.9 Å². The lowest BCUT2D eigenvalue weighted by Gasteiger charge is -2.04. The van der Waals surface area contributed by atoms with Crippen molar-refractivity contribution in [3.63, 3.8) is 0 Å². The van der Waals surface area contributed by atoms with Crippen LogP contribution in [0, 0.1) is 0 Å². The van der Waals surface area contributed by atoms with Crippen molar-refractivity contribution in [3.05, 3.63) is 10.5 Å². The Morgan fingerprint density at radius 2 is 2.50 bits per heavy atom. The Morgan fingerprint density at radius 1 is 1.88 bits per heavy atom. The van der Waals surface area contributed by atoms with Gasteiger partial charge in [-0.25, -0.2) is 0 Å². The summed E-state index contributed by atoms with van der Waals surface area (Å²) in [5, 5.41) is 0. The molecule has 0 saturated heterocycles. The molecule has 0 spiro atoms. The van der Waals surface area contributed by atoms with Gasteiger partial charge in [0.15, 0.2) is 6.73 Å². The van der Waals surface area contributed by atoms with Crippen LogP contribution in [0.4, 0.5) is 0 Å². The van der Waals surface area contributed by atoms with Gasteiger partial charge in [-0.2, -0.15) is 0 Å². The zero-order valence-corrected chi connectivity index (χ0v) is 6.10. The summed E-state index contributed by atoms with van der Waals surface area (Å²) in [6.45, 7) is 0.548. The van der Waals surface area contributed by atoms with Gasteiger partial charge in [0.25, 0.3) is 0 Å². The monoisotopic (exact) mass is 178 g/mol. The number of nitrogens with zero attached hydrogens (tertiary/aromatic N) is 1. The third-order valence-corrected chi connectivity index (χ3v) is 1.95. The lowest BCUT2D eigenvalue weighted by Crippen LogP contribution is -2.09. The van der Waals surface area contributed by atoms with Crippen molar-refractivity contribution in [2.45, 2.75) is 0 Å². The second kappa shape index (κ2) is 1.85. The number of nitrogens with two attached hydrogens (primary N) is 1. The number of rotatable bonds is 0. The maximum atomic E-state index is 5.34. The Hall–Kier alpha value is -0.380. The van der Waals surface area contributed by atoms with Gasteiger partial charge in [-0.15, -0.1) is 0 Å². The van der Waals surface area contributed by atoms with E-state index in [9.17, 15) is 0 Å². The molecule has 1 heterocycles. The van der Waals surface area contributed by atoms with Crippen LogP contribution in [0.1, 0.15) is 0 Å². The molecule has 0 aliphatic carbocycles. The maximum absolute atomic E-state index is 5.34. The molecule has 3 nitrogen and oxygen atoms in total. The average Bonchev–Trinajstić information content (AvgIpc) is 1.98. The minimum Gasteiger partial charge on any atom is -0.456 e. The average molecular weight is 179 g/mol. The summed E-state index contributed by atoms with van der Waals surface area (Å²) in [7, 11) is 1.89. The van der Waals surface area contributed by atoms with Crippen molar-refractivity contribution in [1.82, 2.24) is 4.90 Å². The van der Waals surface area contributed by atoms with E-state index in [-0.39, 0.29) is 0 Å². The molecule has 0 unspecified atom stereocenters. The fourth-order valence-electron chi connectivity index (χ4n) is 0.471. The van der Waals surface area contributed by atoms with Crippen LogP contribution >= 0.6 is 15.9 Å². The standard InChI is InChI=1S/C4H7BrN2O/c1-7-2-8-4(6)3(7)5/h2,6H2,1H3. The van der Waals surface area contributed by atoms with Crippen LogP contribution in [0.2, 0.25) is 0 Å². The van der Waals surface area contributed by atoms with E-state index in [0.29, 0.717) is 12.6 Å². The first-order valence-electron chi connectivity index (χ1n) is 2.21. The van der Waals surface area contributed by atoms with E-state index in [1.165, 1.54) is 0 Å². The van der Waals surface area contributed by atoms with Gasteiger partial charge < -0.3 is 15.4 Å². The Morgan fingerprint density at radius 3 is 2.62 bits per heavy atom. The first kappa shape index (κ1) is 5.75. The molecule has 0 amide bonds. The largest absolute Gasteiger partial charge is 0.456 e. The van der Waals surface area contributed by atoms with Crippen molar-refractivity contribution >= 4 is 15.9 Å². The summed E-state index contributed by atoms with van der Waals surface area (Å²) in [5.41, 5.74) is 5.34. The molecular formula is C4H7BrN2O. The molecule has 46 valence electrons. The van der Waals surface area contributed by atoms with E-state index >= 15 is 0 Å². The summed E-state index contributed by atoms with van der Waals surface area (Å²) in [5.74, 6) is 0.465. The molecule has 0 aromatic rings. The summed E-state index contributed by atoms with van der Waals surface area (Å²) in [6, 6.07) is 0. The number of hydrogen-bond donors (Lipinski definition) is 1. The van der Waals surface area contributed by atoms with Gasteiger partial charge in [0.05, 0.1) is 0 Å². The minimum absolute atomic E-state index is 0.465. The highest BCUT2D eigenvalue weighted by Gasteiger charge is 2.14. The van der Waals surface area contributed by atoms with Crippen LogP contribution < -0.4 is 5.73 Å². The van der Waals surface area contributed by atoms with E-state index in [4.69, 9.17) is 10.5 Å². The zero-order chi connectivity index (χ0) is 6.15. The molecule has 0 aromatic heterocycles. The molecule has 8 heavy (non-hydrogen) atoms. The fourth-order valence-corrected chi connectivity index (χ4v) is 0.688. The summed E-state index contributed by atoms with van der Waals surface area (Å²) >= 11 is 3.22. The second-order valence-corrected chi connectivity index (χ2v) is 2.38. The minimum atomic E-state index is 0.465. The number of ether oxygens (including phenoxy) is 1. The molecule has 0 bridgehead atoms. The van der Waals surface area contributed by atoms with Crippen LogP contribution in [-0.4, -0.2) is 18.7 Å². The Balaban J connectivity index is 2.71. The molecule has 1 rings (SSSR count). The highest BCUT2D eigenvalue weighted by molar-refractivity contribution is 9.11. The van der Waals surface area contributed by atoms with Crippen molar-refractivity contribution in [1.29, 1.82) is 0 Å². The first-order chi connectivity index (χ1) is 3.72. The van der Waals surface area contributed by atoms with Crippen molar-refractivity contribution < 1.29 is 4.74 Å². The van der Waals surface area contributed by atoms with E-state index < -0.39 is 0 Å². The van der Waals surface area contributed by atoms with Crippen molar-refractivity contribution in [2.24, 2.45) is 5.73 Å². The van der Waals surface area contributed by atoms with E-state index in [0.717, 1.165) is 4.61 Å². The van der Waals surface area contributed by atoms with Gasteiger partial charge in [-0.3, -0.25) is 0 Å². The maximum Gasteiger partial charge on any atom is 0.217 e. The van der Waals surface area contributed by atoms with E-state index in [1.54, 1.807) is 0 Å². The van der Waals surface area contributed by atoms with Crippen LogP contribution in [0.15, 0.2) is 10.5 Å². The Labute approximate surface area is 56.2 Å². The van der Waals surface area contributed by atoms with E-state index in [1.807, 2.05) is 11.9 Å². The molecule has 4 heteroatoms. The fraction of sp³-hybridized carbons (Fsp3) is 0.500. The second-order valence-electron chi connectivity index (χ2n) is 1.63. The molecule has 0 aromatic carbocycles. The van der Waals surface area contributed by atoms with Gasteiger partial charge >= 0.3 is 0 Å². The molecular weight excluding hydrogens is 172 g/mol. The Kier molecular flexibility index (Phi) is 1.33. The molecule has 0 saturated carbocycles. The van der Waals surface area contributed by atoms with Crippen LogP contribution in [0.25, 0.3) is 0 Å². The third kappa shape index (κ3) is 0.753. The molecule has 2 N–H and O–H groups in total. The normalized spacial score (nSPS) is 19.5. The molecule has 0 fully saturated rings. The summed E-state index contributed by atoms with van der Waals surface area (Å²) < 4.78 is 5.74. The molecule has 0 atom stereocenters. The van der Waals surface area contributed by atoms with Gasteiger partial charge in [0.1, 0.15) is 4.61 Å². The van der Waals surface area contributed by atoms with Crippen molar-refractivity contribution in [2.75, 3.05) is 13.8 Å². The highest BCUT2D eigenvalue weighted by atomic mass is 79.9. The van der Waals surface area contributed by atoms with Gasteiger partial charge in [0.2, 0.25) is 5.88 Å². The Bertz CT molecular complexity index is 134. The lowest BCUT2D eigenvalue weighted by molar-refractivity contribution is 0.167. The molecule has 1 aliphatic heterocycles. The predicted molar refractivity (Wildman–Crippen MR) is 33.9 cm³/mol. The van der Waals surface area contributed by atoms with Crippen LogP contribution in [0.3, 0.4) is 0 Å². The van der Waals surface area contributed by atoms with Gasteiger partial charge in [-0.1, -0.05) is 0 Å². The number of halogens is 1. The first-order valence-corrected chi connectivity index (χ1v) is 3.00. The summed E-state index contributed by atoms with van der Waals surface area (Å²) in [4.78, 5) is 1.87. The quantitative estimate of drug-likeness (QED) is 0.546. The predicted octanol–water partition coefficient (Wildman–Crippen LogP) is 0.386.